The van der Waals surface area contributed by atoms with Crippen LogP contribution < -0.4 is 5.32 Å². The van der Waals surface area contributed by atoms with Gasteiger partial charge in [0.25, 0.3) is 0 Å². The lowest BCUT2D eigenvalue weighted by atomic mass is 10.2. The summed E-state index contributed by atoms with van der Waals surface area (Å²) < 4.78 is 0. The molecular formula is C17H29N3. The van der Waals surface area contributed by atoms with Gasteiger partial charge in [-0.2, -0.15) is 0 Å². The molecule has 0 radical (unpaired) electrons. The summed E-state index contributed by atoms with van der Waals surface area (Å²) in [6.45, 7) is 9.14. The Kier molecular flexibility index (Phi) is 6.51. The quantitative estimate of drug-likeness (QED) is 0.734. The predicted octanol–water partition coefficient (Wildman–Crippen LogP) is 2.19. The Balaban J connectivity index is 1.59. The Morgan fingerprint density at radius 2 is 2.10 bits per heavy atom. The number of likely N-dealkylation sites (N-methyl/N-ethyl adjacent to an activating group) is 2. The van der Waals surface area contributed by atoms with Crippen LogP contribution in [0.25, 0.3) is 0 Å². The van der Waals surface area contributed by atoms with Gasteiger partial charge in [-0.3, -0.25) is 4.90 Å². The van der Waals surface area contributed by atoms with Gasteiger partial charge in [0, 0.05) is 32.2 Å². The smallest absolute Gasteiger partial charge is 0.0223 e. The molecule has 1 N–H and O–H groups in total. The maximum Gasteiger partial charge on any atom is 0.0223 e. The summed E-state index contributed by atoms with van der Waals surface area (Å²) in [7, 11) is 2.25. The number of hydrogen-bond donors (Lipinski definition) is 1. The van der Waals surface area contributed by atoms with Gasteiger partial charge < -0.3 is 10.2 Å². The average Bonchev–Trinajstić information content (AvgIpc) is 2.92. The molecule has 0 amide bonds. The van der Waals surface area contributed by atoms with Crippen LogP contribution in [-0.2, 0) is 6.54 Å². The standard InChI is InChI=1S/C17H29N3/c1-3-20-12-7-10-17(20)15-19(2)13-11-18-14-16-8-5-4-6-9-16/h4-6,8-9,17-18H,3,7,10-15H2,1-2H3. The highest BCUT2D eigenvalue weighted by Crippen LogP contribution is 2.16. The van der Waals surface area contributed by atoms with Crippen molar-refractivity contribution in [1.82, 2.24) is 15.1 Å². The monoisotopic (exact) mass is 275 g/mol. The predicted molar refractivity (Wildman–Crippen MR) is 85.9 cm³/mol. The summed E-state index contributed by atoms with van der Waals surface area (Å²) in [4.78, 5) is 5.09. The van der Waals surface area contributed by atoms with Gasteiger partial charge in [0.15, 0.2) is 0 Å². The zero-order valence-corrected chi connectivity index (χ0v) is 13.0. The maximum absolute atomic E-state index is 3.53. The van der Waals surface area contributed by atoms with Gasteiger partial charge in [-0.1, -0.05) is 37.3 Å². The molecule has 112 valence electrons. The second-order valence-electron chi connectivity index (χ2n) is 5.85. The maximum atomic E-state index is 3.53. The fraction of sp³-hybridized carbons (Fsp3) is 0.647. The molecule has 20 heavy (non-hydrogen) atoms. The van der Waals surface area contributed by atoms with E-state index in [4.69, 9.17) is 0 Å². The van der Waals surface area contributed by atoms with Crippen LogP contribution in [0.5, 0.6) is 0 Å². The van der Waals surface area contributed by atoms with Crippen molar-refractivity contribution < 1.29 is 0 Å². The zero-order valence-electron chi connectivity index (χ0n) is 13.0. The van der Waals surface area contributed by atoms with E-state index in [9.17, 15) is 0 Å². The summed E-state index contributed by atoms with van der Waals surface area (Å²) in [5, 5.41) is 3.53. The van der Waals surface area contributed by atoms with E-state index in [-0.39, 0.29) is 0 Å². The van der Waals surface area contributed by atoms with Crippen molar-refractivity contribution >= 4 is 0 Å². The molecule has 1 aromatic carbocycles. The first-order valence-electron chi connectivity index (χ1n) is 7.97. The number of benzene rings is 1. The van der Waals surface area contributed by atoms with Crippen molar-refractivity contribution in [2.45, 2.75) is 32.4 Å². The molecule has 1 heterocycles. The van der Waals surface area contributed by atoms with Crippen LogP contribution in [0, 0.1) is 0 Å². The fourth-order valence-corrected chi connectivity index (χ4v) is 3.07. The molecule has 3 nitrogen and oxygen atoms in total. The number of rotatable bonds is 8. The second kappa shape index (κ2) is 8.40. The van der Waals surface area contributed by atoms with Crippen molar-refractivity contribution in [2.75, 3.05) is 39.8 Å². The first-order chi connectivity index (χ1) is 9.79. The molecule has 1 aliphatic heterocycles. The van der Waals surface area contributed by atoms with Crippen LogP contribution in [0.3, 0.4) is 0 Å². The van der Waals surface area contributed by atoms with E-state index in [0.717, 1.165) is 25.7 Å². The lowest BCUT2D eigenvalue weighted by molar-refractivity contribution is 0.199. The first-order valence-corrected chi connectivity index (χ1v) is 7.97. The number of nitrogens with zero attached hydrogens (tertiary/aromatic N) is 2. The van der Waals surface area contributed by atoms with E-state index in [1.165, 1.54) is 38.0 Å². The molecule has 1 aliphatic rings. The molecule has 0 saturated carbocycles. The summed E-state index contributed by atoms with van der Waals surface area (Å²) in [5.41, 5.74) is 1.36. The van der Waals surface area contributed by atoms with Crippen LogP contribution >= 0.6 is 0 Å². The van der Waals surface area contributed by atoms with E-state index < -0.39 is 0 Å². The van der Waals surface area contributed by atoms with Crippen molar-refractivity contribution in [1.29, 1.82) is 0 Å². The number of likely N-dealkylation sites (tertiary alicyclic amines) is 1. The molecule has 0 bridgehead atoms. The Hall–Kier alpha value is -0.900. The minimum Gasteiger partial charge on any atom is -0.311 e. The third kappa shape index (κ3) is 4.89. The molecular weight excluding hydrogens is 246 g/mol. The highest BCUT2D eigenvalue weighted by atomic mass is 15.2. The Morgan fingerprint density at radius 3 is 2.85 bits per heavy atom. The minimum absolute atomic E-state index is 0.777. The molecule has 1 unspecified atom stereocenters. The molecule has 1 saturated heterocycles. The number of hydrogen-bond acceptors (Lipinski definition) is 3. The highest BCUT2D eigenvalue weighted by molar-refractivity contribution is 5.14. The van der Waals surface area contributed by atoms with E-state index in [1.807, 2.05) is 0 Å². The summed E-state index contributed by atoms with van der Waals surface area (Å²) in [6, 6.07) is 11.4. The van der Waals surface area contributed by atoms with Gasteiger partial charge in [-0.25, -0.2) is 0 Å². The molecule has 1 aromatic rings. The second-order valence-corrected chi connectivity index (χ2v) is 5.85. The van der Waals surface area contributed by atoms with Gasteiger partial charge in [0.05, 0.1) is 0 Å². The molecule has 1 atom stereocenters. The molecule has 3 heteroatoms. The largest absolute Gasteiger partial charge is 0.311 e. The third-order valence-electron chi connectivity index (χ3n) is 4.27. The summed E-state index contributed by atoms with van der Waals surface area (Å²) in [5.74, 6) is 0. The lowest BCUT2D eigenvalue weighted by Gasteiger charge is -2.27. The minimum atomic E-state index is 0.777. The van der Waals surface area contributed by atoms with Gasteiger partial charge in [-0.05, 0) is 38.5 Å². The first kappa shape index (κ1) is 15.5. The Morgan fingerprint density at radius 1 is 1.30 bits per heavy atom. The average molecular weight is 275 g/mol. The Labute approximate surface area is 124 Å². The van der Waals surface area contributed by atoms with Crippen molar-refractivity contribution in [2.24, 2.45) is 0 Å². The van der Waals surface area contributed by atoms with Crippen LogP contribution in [-0.4, -0.2) is 55.6 Å². The van der Waals surface area contributed by atoms with Crippen molar-refractivity contribution in [3.05, 3.63) is 35.9 Å². The van der Waals surface area contributed by atoms with E-state index in [1.54, 1.807) is 0 Å². The normalized spacial score (nSPS) is 19.9. The van der Waals surface area contributed by atoms with Crippen LogP contribution in [0.4, 0.5) is 0 Å². The molecule has 2 rings (SSSR count). The molecule has 0 aromatic heterocycles. The molecule has 0 aliphatic carbocycles. The fourth-order valence-electron chi connectivity index (χ4n) is 3.07. The summed E-state index contributed by atoms with van der Waals surface area (Å²) in [6.07, 6.45) is 2.74. The van der Waals surface area contributed by atoms with Gasteiger partial charge in [0.1, 0.15) is 0 Å². The van der Waals surface area contributed by atoms with Crippen LogP contribution in [0.15, 0.2) is 30.3 Å². The molecule has 1 fully saturated rings. The van der Waals surface area contributed by atoms with Crippen LogP contribution in [0.2, 0.25) is 0 Å². The molecule has 0 spiro atoms. The summed E-state index contributed by atoms with van der Waals surface area (Å²) >= 11 is 0. The highest BCUT2D eigenvalue weighted by Gasteiger charge is 2.23. The van der Waals surface area contributed by atoms with Crippen molar-refractivity contribution in [3.8, 4) is 0 Å². The van der Waals surface area contributed by atoms with Gasteiger partial charge in [0.2, 0.25) is 0 Å². The van der Waals surface area contributed by atoms with E-state index in [0.29, 0.717) is 0 Å². The topological polar surface area (TPSA) is 18.5 Å². The SMILES string of the molecule is CCN1CCCC1CN(C)CCNCc1ccccc1. The van der Waals surface area contributed by atoms with Gasteiger partial charge >= 0.3 is 0 Å². The lowest BCUT2D eigenvalue weighted by Crippen LogP contribution is -2.40. The van der Waals surface area contributed by atoms with Gasteiger partial charge in [-0.15, -0.1) is 0 Å². The van der Waals surface area contributed by atoms with E-state index in [2.05, 4.69) is 59.4 Å². The van der Waals surface area contributed by atoms with Crippen molar-refractivity contribution in [3.63, 3.8) is 0 Å². The zero-order chi connectivity index (χ0) is 14.2. The Bertz CT molecular complexity index is 366. The number of nitrogens with one attached hydrogen (secondary N) is 1. The van der Waals surface area contributed by atoms with Crippen LogP contribution in [0.1, 0.15) is 25.3 Å². The van der Waals surface area contributed by atoms with E-state index >= 15 is 0 Å². The third-order valence-corrected chi connectivity index (χ3v) is 4.27.